The van der Waals surface area contributed by atoms with Gasteiger partial charge in [-0.3, -0.25) is 4.79 Å². The average Bonchev–Trinajstić information content (AvgIpc) is 2.47. The van der Waals surface area contributed by atoms with Gasteiger partial charge in [-0.25, -0.2) is 8.42 Å². The number of ketones is 1. The number of carbonyl (C=O) groups is 1. The molecule has 1 aromatic carbocycles. The zero-order chi connectivity index (χ0) is 14.8. The molecule has 0 aliphatic carbocycles. The van der Waals surface area contributed by atoms with Crippen LogP contribution >= 0.6 is 0 Å². The third-order valence-corrected chi connectivity index (χ3v) is 5.96. The minimum atomic E-state index is -3.41. The molecule has 0 atom stereocenters. The molecule has 1 heterocycles. The predicted octanol–water partition coefficient (Wildman–Crippen LogP) is 2.70. The van der Waals surface area contributed by atoms with Crippen molar-refractivity contribution in [1.29, 1.82) is 0 Å². The van der Waals surface area contributed by atoms with E-state index >= 15 is 0 Å². The summed E-state index contributed by atoms with van der Waals surface area (Å²) < 4.78 is 26.6. The van der Waals surface area contributed by atoms with Gasteiger partial charge < -0.3 is 0 Å². The lowest BCUT2D eigenvalue weighted by Gasteiger charge is -2.30. The maximum atomic E-state index is 12.5. The van der Waals surface area contributed by atoms with E-state index in [0.717, 1.165) is 19.3 Å². The van der Waals surface area contributed by atoms with E-state index in [1.165, 1.54) is 19.1 Å². The van der Waals surface area contributed by atoms with Crippen molar-refractivity contribution in [2.75, 3.05) is 13.1 Å². The van der Waals surface area contributed by atoms with Gasteiger partial charge in [0.25, 0.3) is 0 Å². The summed E-state index contributed by atoms with van der Waals surface area (Å²) in [6.45, 7) is 4.80. The molecule has 0 saturated carbocycles. The second kappa shape index (κ2) is 6.06. The van der Waals surface area contributed by atoms with Gasteiger partial charge in [0.05, 0.1) is 4.90 Å². The second-order valence-corrected chi connectivity index (χ2v) is 7.27. The Kier molecular flexibility index (Phi) is 4.60. The molecule has 4 nitrogen and oxygen atoms in total. The molecular formula is C15H21NO3S. The lowest BCUT2D eigenvalue weighted by molar-refractivity contribution is 0.101. The van der Waals surface area contributed by atoms with Crippen LogP contribution in [0.4, 0.5) is 0 Å². The summed E-state index contributed by atoms with van der Waals surface area (Å²) in [7, 11) is -3.41. The van der Waals surface area contributed by atoms with Gasteiger partial charge >= 0.3 is 0 Å². The van der Waals surface area contributed by atoms with Gasteiger partial charge in [-0.1, -0.05) is 25.5 Å². The summed E-state index contributed by atoms with van der Waals surface area (Å²) in [6, 6.07) is 6.21. The zero-order valence-electron chi connectivity index (χ0n) is 12.0. The number of hydrogen-bond acceptors (Lipinski definition) is 3. The molecule has 2 rings (SSSR count). The van der Waals surface area contributed by atoms with Crippen molar-refractivity contribution in [3.8, 4) is 0 Å². The van der Waals surface area contributed by atoms with Crippen LogP contribution in [0.1, 0.15) is 43.5 Å². The maximum Gasteiger partial charge on any atom is 0.243 e. The SMILES string of the molecule is CCC1CCN(S(=O)(=O)c2ccc(C(C)=O)cc2)CC1. The fourth-order valence-corrected chi connectivity index (χ4v) is 4.04. The predicted molar refractivity (Wildman–Crippen MR) is 78.2 cm³/mol. The first kappa shape index (κ1) is 15.2. The summed E-state index contributed by atoms with van der Waals surface area (Å²) in [6.07, 6.45) is 2.98. The number of rotatable bonds is 4. The van der Waals surface area contributed by atoms with Crippen molar-refractivity contribution in [3.63, 3.8) is 0 Å². The van der Waals surface area contributed by atoms with Gasteiger partial charge in [0.15, 0.2) is 5.78 Å². The minimum absolute atomic E-state index is 0.0577. The van der Waals surface area contributed by atoms with Crippen LogP contribution in [0.5, 0.6) is 0 Å². The van der Waals surface area contributed by atoms with Gasteiger partial charge in [0, 0.05) is 18.7 Å². The standard InChI is InChI=1S/C15H21NO3S/c1-3-13-8-10-16(11-9-13)20(18,19)15-6-4-14(5-7-15)12(2)17/h4-7,13H,3,8-11H2,1-2H3. The van der Waals surface area contributed by atoms with Crippen LogP contribution in [0.3, 0.4) is 0 Å². The van der Waals surface area contributed by atoms with E-state index in [9.17, 15) is 13.2 Å². The molecule has 0 unspecified atom stereocenters. The molecule has 1 saturated heterocycles. The van der Waals surface area contributed by atoms with E-state index in [4.69, 9.17) is 0 Å². The highest BCUT2D eigenvalue weighted by atomic mass is 32.2. The quantitative estimate of drug-likeness (QED) is 0.803. The minimum Gasteiger partial charge on any atom is -0.295 e. The smallest absolute Gasteiger partial charge is 0.243 e. The van der Waals surface area contributed by atoms with Crippen LogP contribution in [0.2, 0.25) is 0 Å². The average molecular weight is 295 g/mol. The number of nitrogens with zero attached hydrogens (tertiary/aromatic N) is 1. The van der Waals surface area contributed by atoms with Crippen molar-refractivity contribution in [2.45, 2.75) is 38.0 Å². The van der Waals surface area contributed by atoms with Crippen LogP contribution in [-0.2, 0) is 10.0 Å². The van der Waals surface area contributed by atoms with Gasteiger partial charge in [-0.2, -0.15) is 4.31 Å². The van der Waals surface area contributed by atoms with E-state index in [2.05, 4.69) is 6.92 Å². The molecular weight excluding hydrogens is 274 g/mol. The van der Waals surface area contributed by atoms with E-state index in [1.807, 2.05) is 0 Å². The molecule has 0 amide bonds. The Morgan fingerprint density at radius 2 is 1.75 bits per heavy atom. The van der Waals surface area contributed by atoms with E-state index < -0.39 is 10.0 Å². The Morgan fingerprint density at radius 3 is 2.20 bits per heavy atom. The second-order valence-electron chi connectivity index (χ2n) is 5.34. The third kappa shape index (κ3) is 3.10. The van der Waals surface area contributed by atoms with Crippen LogP contribution in [0.25, 0.3) is 0 Å². The molecule has 110 valence electrons. The molecule has 1 aliphatic heterocycles. The Balaban J connectivity index is 2.16. The molecule has 0 N–H and O–H groups in total. The first-order valence-corrected chi connectivity index (χ1v) is 8.50. The van der Waals surface area contributed by atoms with E-state index in [-0.39, 0.29) is 10.7 Å². The molecule has 0 radical (unpaired) electrons. The Bertz CT molecular complexity index is 570. The summed E-state index contributed by atoms with van der Waals surface area (Å²) in [5, 5.41) is 0. The highest BCUT2D eigenvalue weighted by Crippen LogP contribution is 2.25. The number of benzene rings is 1. The molecule has 5 heteroatoms. The molecule has 1 fully saturated rings. The van der Waals surface area contributed by atoms with Gasteiger partial charge in [-0.05, 0) is 37.8 Å². The van der Waals surface area contributed by atoms with Crippen molar-refractivity contribution >= 4 is 15.8 Å². The maximum absolute atomic E-state index is 12.5. The zero-order valence-corrected chi connectivity index (χ0v) is 12.8. The van der Waals surface area contributed by atoms with Crippen LogP contribution < -0.4 is 0 Å². The monoisotopic (exact) mass is 295 g/mol. The molecule has 0 spiro atoms. The van der Waals surface area contributed by atoms with E-state index in [0.29, 0.717) is 24.6 Å². The Labute approximate surface area is 120 Å². The lowest BCUT2D eigenvalue weighted by Crippen LogP contribution is -2.38. The highest BCUT2D eigenvalue weighted by molar-refractivity contribution is 7.89. The van der Waals surface area contributed by atoms with Crippen molar-refractivity contribution in [1.82, 2.24) is 4.31 Å². The van der Waals surface area contributed by atoms with Gasteiger partial charge in [-0.15, -0.1) is 0 Å². The van der Waals surface area contributed by atoms with Crippen molar-refractivity contribution in [2.24, 2.45) is 5.92 Å². The van der Waals surface area contributed by atoms with Crippen LogP contribution in [0, 0.1) is 5.92 Å². The molecule has 1 aromatic rings. The fourth-order valence-electron chi connectivity index (χ4n) is 2.57. The first-order chi connectivity index (χ1) is 9.45. The van der Waals surface area contributed by atoms with Gasteiger partial charge in [0.1, 0.15) is 0 Å². The Morgan fingerprint density at radius 1 is 1.20 bits per heavy atom. The normalized spacial score (nSPS) is 18.1. The number of piperidine rings is 1. The number of sulfonamides is 1. The fraction of sp³-hybridized carbons (Fsp3) is 0.533. The first-order valence-electron chi connectivity index (χ1n) is 7.06. The number of hydrogen-bond donors (Lipinski definition) is 0. The van der Waals surface area contributed by atoms with Crippen LogP contribution in [0.15, 0.2) is 29.2 Å². The summed E-state index contributed by atoms with van der Waals surface area (Å²) in [5.41, 5.74) is 0.536. The summed E-state index contributed by atoms with van der Waals surface area (Å²) in [4.78, 5) is 11.5. The summed E-state index contributed by atoms with van der Waals surface area (Å²) >= 11 is 0. The van der Waals surface area contributed by atoms with E-state index in [1.54, 1.807) is 16.4 Å². The van der Waals surface area contributed by atoms with Crippen molar-refractivity contribution < 1.29 is 13.2 Å². The Hall–Kier alpha value is -1.20. The largest absolute Gasteiger partial charge is 0.295 e. The molecule has 0 bridgehead atoms. The van der Waals surface area contributed by atoms with Crippen molar-refractivity contribution in [3.05, 3.63) is 29.8 Å². The molecule has 20 heavy (non-hydrogen) atoms. The number of carbonyl (C=O) groups excluding carboxylic acids is 1. The molecule has 0 aromatic heterocycles. The highest BCUT2D eigenvalue weighted by Gasteiger charge is 2.28. The topological polar surface area (TPSA) is 54.5 Å². The van der Waals surface area contributed by atoms with Gasteiger partial charge in [0.2, 0.25) is 10.0 Å². The number of Topliss-reactive ketones (excluding diaryl/α,β-unsaturated/α-hetero) is 1. The van der Waals surface area contributed by atoms with Crippen LogP contribution in [-0.4, -0.2) is 31.6 Å². The lowest BCUT2D eigenvalue weighted by atomic mass is 9.96. The third-order valence-electron chi connectivity index (χ3n) is 4.05. The molecule has 1 aliphatic rings. The summed E-state index contributed by atoms with van der Waals surface area (Å²) in [5.74, 6) is 0.583.